The van der Waals surface area contributed by atoms with Crippen molar-refractivity contribution in [1.82, 2.24) is 0 Å². The van der Waals surface area contributed by atoms with Gasteiger partial charge in [-0.1, -0.05) is 6.92 Å². The molecule has 0 N–H and O–H groups in total. The number of hydrogen-bond donors (Lipinski definition) is 0. The Bertz CT molecular complexity index is 184. The summed E-state index contributed by atoms with van der Waals surface area (Å²) >= 11 is 0. The van der Waals surface area contributed by atoms with E-state index in [9.17, 15) is 17.7 Å². The maximum Gasteiger partial charge on any atom is 0.415 e. The quantitative estimate of drug-likeness (QED) is 0.660. The molecule has 2 nitrogen and oxygen atoms in total. The minimum absolute atomic E-state index is 0.213. The maximum absolute atomic E-state index is 12.0. The highest BCUT2D eigenvalue weighted by atomic mass is 31.2. The van der Waals surface area contributed by atoms with E-state index in [0.717, 1.165) is 0 Å². The Balaban J connectivity index is 4.30. The second-order valence-corrected chi connectivity index (χ2v) is 5.51. The highest BCUT2D eigenvalue weighted by Crippen LogP contribution is 2.43. The zero-order valence-electron chi connectivity index (χ0n) is 7.18. The molecule has 1 atom stereocenters. The van der Waals surface area contributed by atoms with Crippen molar-refractivity contribution in [2.75, 3.05) is 13.3 Å². The van der Waals surface area contributed by atoms with Crippen molar-refractivity contribution in [2.24, 2.45) is 0 Å². The molecule has 6 heteroatoms. The summed E-state index contributed by atoms with van der Waals surface area (Å²) in [6, 6.07) is 0. The number of alkyl halides is 3. The minimum Gasteiger partial charge on any atom is -0.316 e. The van der Waals surface area contributed by atoms with Crippen LogP contribution in [0.4, 0.5) is 13.2 Å². The van der Waals surface area contributed by atoms with Gasteiger partial charge in [0.1, 0.15) is 0 Å². The van der Waals surface area contributed by atoms with E-state index in [1.54, 1.807) is 0 Å². The molecule has 0 aromatic heterocycles. The number of hydrogen-bond acceptors (Lipinski definition) is 2. The van der Waals surface area contributed by atoms with Crippen LogP contribution in [0, 0.1) is 0 Å². The molecule has 12 heavy (non-hydrogen) atoms. The molecule has 1 unspecified atom stereocenters. The molecule has 0 spiro atoms. The summed E-state index contributed by atoms with van der Waals surface area (Å²) in [5.41, 5.74) is 0. The lowest BCUT2D eigenvalue weighted by Gasteiger charge is -2.21. The second kappa shape index (κ2) is 3.79. The predicted octanol–water partition coefficient (Wildman–Crippen LogP) is 2.88. The topological polar surface area (TPSA) is 26.3 Å². The van der Waals surface area contributed by atoms with Crippen LogP contribution in [0.2, 0.25) is 0 Å². The molecule has 0 amide bonds. The Kier molecular flexibility index (Phi) is 3.79. The van der Waals surface area contributed by atoms with Gasteiger partial charge >= 0.3 is 6.18 Å². The summed E-state index contributed by atoms with van der Waals surface area (Å²) in [7, 11) is -3.05. The fourth-order valence-electron chi connectivity index (χ4n) is 0.672. The zero-order chi connectivity index (χ0) is 9.99. The van der Waals surface area contributed by atoms with Crippen LogP contribution in [-0.2, 0) is 9.09 Å². The summed E-state index contributed by atoms with van der Waals surface area (Å²) in [5.74, 6) is 0. The molecule has 0 saturated carbocycles. The van der Waals surface area contributed by atoms with Crippen LogP contribution in [0.1, 0.15) is 13.3 Å². The summed E-state index contributed by atoms with van der Waals surface area (Å²) in [4.78, 5) is 0. The third-order valence-corrected chi connectivity index (χ3v) is 1.88. The molecule has 0 aliphatic rings. The van der Waals surface area contributed by atoms with Gasteiger partial charge in [-0.15, -0.1) is 0 Å². The third-order valence-electron chi connectivity index (χ3n) is 1.12. The molecule has 0 aliphatic carbocycles. The average Bonchev–Trinajstić information content (AvgIpc) is 1.78. The Morgan fingerprint density at radius 3 is 1.92 bits per heavy atom. The molecule has 0 aliphatic heterocycles. The van der Waals surface area contributed by atoms with Crippen molar-refractivity contribution in [2.45, 2.75) is 25.6 Å². The van der Waals surface area contributed by atoms with E-state index in [0.29, 0.717) is 0 Å². The molecule has 0 heterocycles. The van der Waals surface area contributed by atoms with Gasteiger partial charge in [0, 0.05) is 13.3 Å². The number of halogens is 3. The first-order chi connectivity index (χ1) is 5.17. The molecule has 0 aromatic rings. The molecule has 0 bridgehead atoms. The predicted molar refractivity (Wildman–Crippen MR) is 40.7 cm³/mol. The molecule has 0 fully saturated rings. The second-order valence-electron chi connectivity index (χ2n) is 2.80. The fourth-order valence-corrected chi connectivity index (χ4v) is 1.55. The van der Waals surface area contributed by atoms with Gasteiger partial charge in [-0.05, 0) is 6.42 Å². The van der Waals surface area contributed by atoms with E-state index in [1.807, 2.05) is 0 Å². The lowest BCUT2D eigenvalue weighted by molar-refractivity contribution is -0.195. The fraction of sp³-hybridized carbons (Fsp3) is 1.00. The third kappa shape index (κ3) is 4.78. The van der Waals surface area contributed by atoms with Crippen molar-refractivity contribution < 1.29 is 22.3 Å². The smallest absolute Gasteiger partial charge is 0.316 e. The van der Waals surface area contributed by atoms with E-state index in [1.165, 1.54) is 20.3 Å². The van der Waals surface area contributed by atoms with Crippen molar-refractivity contribution >= 4 is 7.37 Å². The van der Waals surface area contributed by atoms with E-state index < -0.39 is 19.6 Å². The van der Waals surface area contributed by atoms with Gasteiger partial charge in [-0.3, -0.25) is 4.57 Å². The maximum atomic E-state index is 12.0. The van der Waals surface area contributed by atoms with Gasteiger partial charge in [0.15, 0.2) is 13.5 Å². The molecule has 0 rings (SSSR count). The largest absolute Gasteiger partial charge is 0.415 e. The van der Waals surface area contributed by atoms with Gasteiger partial charge < -0.3 is 4.52 Å². The molecule has 74 valence electrons. The van der Waals surface area contributed by atoms with Gasteiger partial charge in [0.25, 0.3) is 0 Å². The Morgan fingerprint density at radius 2 is 1.83 bits per heavy atom. The van der Waals surface area contributed by atoms with Gasteiger partial charge in [0.05, 0.1) is 0 Å². The summed E-state index contributed by atoms with van der Waals surface area (Å²) in [6.07, 6.45) is -6.54. The zero-order valence-corrected chi connectivity index (χ0v) is 8.08. The molecular weight excluding hydrogens is 192 g/mol. The lowest BCUT2D eigenvalue weighted by atomic mass is 10.3. The van der Waals surface area contributed by atoms with Crippen molar-refractivity contribution in [3.8, 4) is 0 Å². The van der Waals surface area contributed by atoms with Crippen LogP contribution in [0.15, 0.2) is 0 Å². The van der Waals surface area contributed by atoms with Crippen LogP contribution < -0.4 is 0 Å². The molecule has 0 saturated heterocycles. The highest BCUT2D eigenvalue weighted by molar-refractivity contribution is 7.57. The Morgan fingerprint density at radius 1 is 1.42 bits per heavy atom. The van der Waals surface area contributed by atoms with Crippen LogP contribution in [-0.4, -0.2) is 25.6 Å². The first kappa shape index (κ1) is 12.0. The van der Waals surface area contributed by atoms with E-state index in [2.05, 4.69) is 4.52 Å². The van der Waals surface area contributed by atoms with Gasteiger partial charge in [0.2, 0.25) is 0 Å². The molecule has 0 aromatic carbocycles. The van der Waals surface area contributed by atoms with E-state index in [4.69, 9.17) is 0 Å². The van der Waals surface area contributed by atoms with Crippen molar-refractivity contribution in [3.63, 3.8) is 0 Å². The summed E-state index contributed by atoms with van der Waals surface area (Å²) < 4.78 is 51.3. The number of rotatable bonds is 3. The average molecular weight is 204 g/mol. The van der Waals surface area contributed by atoms with Gasteiger partial charge in [-0.2, -0.15) is 13.2 Å². The highest BCUT2D eigenvalue weighted by Gasteiger charge is 2.41. The van der Waals surface area contributed by atoms with Crippen LogP contribution in [0.5, 0.6) is 0 Å². The normalized spacial score (nSPS) is 16.2. The van der Waals surface area contributed by atoms with E-state index in [-0.39, 0.29) is 6.42 Å². The van der Waals surface area contributed by atoms with Crippen LogP contribution in [0.3, 0.4) is 0 Å². The Hall–Kier alpha value is -0.0200. The SMILES string of the molecule is CCC(OP(C)(C)=O)C(F)(F)F. The summed E-state index contributed by atoms with van der Waals surface area (Å²) in [6.45, 7) is 3.68. The van der Waals surface area contributed by atoms with Crippen molar-refractivity contribution in [3.05, 3.63) is 0 Å². The first-order valence-electron chi connectivity index (χ1n) is 3.47. The van der Waals surface area contributed by atoms with Crippen LogP contribution in [0.25, 0.3) is 0 Å². The monoisotopic (exact) mass is 204 g/mol. The van der Waals surface area contributed by atoms with Gasteiger partial charge in [-0.25, -0.2) is 0 Å². The molecule has 0 radical (unpaired) electrons. The standard InChI is InChI=1S/C6H12F3O2P/c1-4-5(6(7,8)9)11-12(2,3)10/h5H,4H2,1-3H3. The van der Waals surface area contributed by atoms with Crippen molar-refractivity contribution in [1.29, 1.82) is 0 Å². The molecular formula is C6H12F3O2P. The minimum atomic E-state index is -4.42. The summed E-state index contributed by atoms with van der Waals surface area (Å²) in [5, 5.41) is 0. The van der Waals surface area contributed by atoms with E-state index >= 15 is 0 Å². The Labute approximate surface area is 69.6 Å². The first-order valence-corrected chi connectivity index (χ1v) is 5.99. The van der Waals surface area contributed by atoms with Crippen LogP contribution >= 0.6 is 7.37 Å². The lowest BCUT2D eigenvalue weighted by Crippen LogP contribution is -2.29.